The molecule has 0 saturated heterocycles. The molecule has 0 N–H and O–H groups in total. The highest BCUT2D eigenvalue weighted by Gasteiger charge is 2.10. The lowest BCUT2D eigenvalue weighted by molar-refractivity contribution is -0.134. The Morgan fingerprint density at radius 2 is 1.86 bits per heavy atom. The van der Waals surface area contributed by atoms with Gasteiger partial charge in [0, 0.05) is 23.9 Å². The van der Waals surface area contributed by atoms with Crippen LogP contribution in [0.3, 0.4) is 0 Å². The molecule has 0 radical (unpaired) electrons. The number of carbonyl (C=O) groups excluding carboxylic acids is 1. The van der Waals surface area contributed by atoms with Gasteiger partial charge in [0.15, 0.2) is 0 Å². The SMILES string of the molecule is CCC(=O)Oc1ccc2c(-c3ccccc3)cc(=O)oc2c1. The first-order chi connectivity index (χ1) is 10.7. The van der Waals surface area contributed by atoms with Crippen LogP contribution < -0.4 is 10.4 Å². The minimum absolute atomic E-state index is 0.284. The zero-order chi connectivity index (χ0) is 15.5. The van der Waals surface area contributed by atoms with Crippen molar-refractivity contribution >= 4 is 16.9 Å². The fourth-order valence-corrected chi connectivity index (χ4v) is 2.27. The third-order valence-electron chi connectivity index (χ3n) is 3.32. The molecule has 0 aliphatic carbocycles. The molecule has 4 nitrogen and oxygen atoms in total. The van der Waals surface area contributed by atoms with E-state index in [0.717, 1.165) is 16.5 Å². The zero-order valence-electron chi connectivity index (χ0n) is 12.0. The molecule has 4 heteroatoms. The quantitative estimate of drug-likeness (QED) is 0.419. The Hall–Kier alpha value is -2.88. The van der Waals surface area contributed by atoms with Gasteiger partial charge in [0.2, 0.25) is 0 Å². The lowest BCUT2D eigenvalue weighted by atomic mass is 10.0. The van der Waals surface area contributed by atoms with Crippen molar-refractivity contribution in [3.05, 3.63) is 65.0 Å². The fraction of sp³-hybridized carbons (Fsp3) is 0.111. The van der Waals surface area contributed by atoms with Gasteiger partial charge in [-0.25, -0.2) is 4.79 Å². The Balaban J connectivity index is 2.15. The van der Waals surface area contributed by atoms with E-state index in [9.17, 15) is 9.59 Å². The van der Waals surface area contributed by atoms with Crippen LogP contribution in [0.4, 0.5) is 0 Å². The third-order valence-corrected chi connectivity index (χ3v) is 3.32. The molecule has 0 unspecified atom stereocenters. The van der Waals surface area contributed by atoms with Crippen molar-refractivity contribution in [1.82, 2.24) is 0 Å². The molecule has 3 rings (SSSR count). The molecular weight excluding hydrogens is 280 g/mol. The highest BCUT2D eigenvalue weighted by atomic mass is 16.5. The van der Waals surface area contributed by atoms with Gasteiger partial charge in [-0.1, -0.05) is 37.3 Å². The van der Waals surface area contributed by atoms with Crippen molar-refractivity contribution in [3.63, 3.8) is 0 Å². The average molecular weight is 294 g/mol. The van der Waals surface area contributed by atoms with Crippen LogP contribution in [0.15, 0.2) is 63.8 Å². The van der Waals surface area contributed by atoms with Crippen LogP contribution in [0.2, 0.25) is 0 Å². The summed E-state index contributed by atoms with van der Waals surface area (Å²) in [6.07, 6.45) is 0.284. The Morgan fingerprint density at radius 1 is 1.09 bits per heavy atom. The third kappa shape index (κ3) is 2.76. The van der Waals surface area contributed by atoms with Crippen LogP contribution in [-0.2, 0) is 4.79 Å². The normalized spacial score (nSPS) is 10.6. The Bertz CT molecular complexity index is 878. The molecule has 110 valence electrons. The lowest BCUT2D eigenvalue weighted by Crippen LogP contribution is -2.05. The van der Waals surface area contributed by atoms with E-state index in [1.54, 1.807) is 25.1 Å². The van der Waals surface area contributed by atoms with E-state index in [4.69, 9.17) is 9.15 Å². The summed E-state index contributed by atoms with van der Waals surface area (Å²) in [6, 6.07) is 16.1. The number of hydrogen-bond donors (Lipinski definition) is 0. The minimum Gasteiger partial charge on any atom is -0.426 e. The predicted octanol–water partition coefficient (Wildman–Crippen LogP) is 3.78. The van der Waals surface area contributed by atoms with Crippen LogP contribution in [0.1, 0.15) is 13.3 Å². The van der Waals surface area contributed by atoms with Crippen LogP contribution >= 0.6 is 0 Å². The number of ether oxygens (including phenoxy) is 1. The van der Waals surface area contributed by atoms with E-state index < -0.39 is 5.63 Å². The molecule has 0 bridgehead atoms. The fourth-order valence-electron chi connectivity index (χ4n) is 2.27. The summed E-state index contributed by atoms with van der Waals surface area (Å²) in [5, 5.41) is 0.794. The number of rotatable bonds is 3. The van der Waals surface area contributed by atoms with Crippen molar-refractivity contribution in [3.8, 4) is 16.9 Å². The van der Waals surface area contributed by atoms with Gasteiger partial charge < -0.3 is 9.15 Å². The molecule has 0 atom stereocenters. The summed E-state index contributed by atoms with van der Waals surface area (Å²) in [5.41, 5.74) is 1.68. The summed E-state index contributed by atoms with van der Waals surface area (Å²) in [4.78, 5) is 23.2. The molecule has 1 heterocycles. The standard InChI is InChI=1S/C18H14O4/c1-2-17(19)21-13-8-9-14-15(12-6-4-3-5-7-12)11-18(20)22-16(14)10-13/h3-11H,2H2,1H3. The maximum absolute atomic E-state index is 11.8. The van der Waals surface area contributed by atoms with Gasteiger partial charge in [-0.3, -0.25) is 4.79 Å². The lowest BCUT2D eigenvalue weighted by Gasteiger charge is -2.07. The van der Waals surface area contributed by atoms with Crippen LogP contribution in [-0.4, -0.2) is 5.97 Å². The molecule has 22 heavy (non-hydrogen) atoms. The molecule has 0 aliphatic rings. The van der Waals surface area contributed by atoms with E-state index in [2.05, 4.69) is 0 Å². The van der Waals surface area contributed by atoms with E-state index in [0.29, 0.717) is 11.3 Å². The molecule has 3 aromatic rings. The number of fused-ring (bicyclic) bond motifs is 1. The van der Waals surface area contributed by atoms with E-state index in [-0.39, 0.29) is 12.4 Å². The summed E-state index contributed by atoms with van der Waals surface area (Å²) >= 11 is 0. The topological polar surface area (TPSA) is 56.5 Å². The first kappa shape index (κ1) is 14.1. The highest BCUT2D eigenvalue weighted by Crippen LogP contribution is 2.29. The van der Waals surface area contributed by atoms with Crippen molar-refractivity contribution in [1.29, 1.82) is 0 Å². The number of benzene rings is 2. The van der Waals surface area contributed by atoms with E-state index in [1.807, 2.05) is 30.3 Å². The molecule has 0 fully saturated rings. The second-order valence-corrected chi connectivity index (χ2v) is 4.83. The maximum Gasteiger partial charge on any atom is 0.336 e. The number of esters is 1. The summed E-state index contributed by atoms with van der Waals surface area (Å²) < 4.78 is 10.4. The van der Waals surface area contributed by atoms with Gasteiger partial charge >= 0.3 is 11.6 Å². The van der Waals surface area contributed by atoms with Crippen molar-refractivity contribution in [2.75, 3.05) is 0 Å². The van der Waals surface area contributed by atoms with Gasteiger partial charge in [-0.05, 0) is 23.3 Å². The molecular formula is C18H14O4. The summed E-state index contributed by atoms with van der Waals surface area (Å²) in [7, 11) is 0. The van der Waals surface area contributed by atoms with Gasteiger partial charge in [-0.15, -0.1) is 0 Å². The maximum atomic E-state index is 11.8. The van der Waals surface area contributed by atoms with Gasteiger partial charge in [-0.2, -0.15) is 0 Å². The molecule has 0 aliphatic heterocycles. The molecule has 0 spiro atoms. The molecule has 2 aromatic carbocycles. The molecule has 0 amide bonds. The second kappa shape index (κ2) is 5.85. The molecule has 0 saturated carbocycles. The van der Waals surface area contributed by atoms with Crippen molar-refractivity contribution in [2.45, 2.75) is 13.3 Å². The van der Waals surface area contributed by atoms with Gasteiger partial charge in [0.25, 0.3) is 0 Å². The highest BCUT2D eigenvalue weighted by molar-refractivity contribution is 5.94. The largest absolute Gasteiger partial charge is 0.426 e. The average Bonchev–Trinajstić information content (AvgIpc) is 2.54. The summed E-state index contributed by atoms with van der Waals surface area (Å²) in [5.74, 6) is 0.0358. The number of carbonyl (C=O) groups is 1. The van der Waals surface area contributed by atoms with E-state index >= 15 is 0 Å². The first-order valence-electron chi connectivity index (χ1n) is 7.01. The van der Waals surface area contributed by atoms with Crippen molar-refractivity contribution < 1.29 is 13.9 Å². The van der Waals surface area contributed by atoms with Crippen molar-refractivity contribution in [2.24, 2.45) is 0 Å². The van der Waals surface area contributed by atoms with Crippen LogP contribution in [0.25, 0.3) is 22.1 Å². The van der Waals surface area contributed by atoms with Gasteiger partial charge in [0.05, 0.1) is 0 Å². The summed E-state index contributed by atoms with van der Waals surface area (Å²) in [6.45, 7) is 1.72. The predicted molar refractivity (Wildman–Crippen MR) is 83.8 cm³/mol. The van der Waals surface area contributed by atoms with Crippen LogP contribution in [0.5, 0.6) is 5.75 Å². The minimum atomic E-state index is -0.440. The smallest absolute Gasteiger partial charge is 0.336 e. The Morgan fingerprint density at radius 3 is 2.59 bits per heavy atom. The molecule has 1 aromatic heterocycles. The Kier molecular flexibility index (Phi) is 3.74. The van der Waals surface area contributed by atoms with Crippen LogP contribution in [0, 0.1) is 0 Å². The zero-order valence-corrected chi connectivity index (χ0v) is 12.0. The Labute approximate surface area is 127 Å². The second-order valence-electron chi connectivity index (χ2n) is 4.83. The monoisotopic (exact) mass is 294 g/mol. The number of hydrogen-bond acceptors (Lipinski definition) is 4. The first-order valence-corrected chi connectivity index (χ1v) is 7.01. The van der Waals surface area contributed by atoms with E-state index in [1.165, 1.54) is 6.07 Å². The van der Waals surface area contributed by atoms with Gasteiger partial charge in [0.1, 0.15) is 11.3 Å².